The molecule has 1 aliphatic heterocycles. The van der Waals surface area contributed by atoms with Gasteiger partial charge in [0.2, 0.25) is 11.7 Å². The van der Waals surface area contributed by atoms with E-state index in [0.29, 0.717) is 11.7 Å². The largest absolute Gasteiger partial charge is 0.380 e. The first-order valence-corrected chi connectivity index (χ1v) is 7.65. The highest BCUT2D eigenvalue weighted by molar-refractivity contribution is 7.17. The van der Waals surface area contributed by atoms with Gasteiger partial charge in [0.1, 0.15) is 0 Å². The van der Waals surface area contributed by atoms with Crippen molar-refractivity contribution in [2.24, 2.45) is 0 Å². The van der Waals surface area contributed by atoms with Gasteiger partial charge in [0.25, 0.3) is 0 Å². The second-order valence-corrected chi connectivity index (χ2v) is 5.99. The maximum absolute atomic E-state index is 5.39. The second kappa shape index (κ2) is 5.18. The molecule has 2 unspecified atom stereocenters. The van der Waals surface area contributed by atoms with Crippen molar-refractivity contribution in [1.82, 2.24) is 20.4 Å². The number of hydrogen-bond acceptors (Lipinski definition) is 7. The Morgan fingerprint density at radius 3 is 3.29 bits per heavy atom. The maximum atomic E-state index is 5.39. The van der Waals surface area contributed by atoms with Gasteiger partial charge in [0.15, 0.2) is 0 Å². The Bertz CT molecular complexity index is 769. The van der Waals surface area contributed by atoms with Crippen LogP contribution in [0.3, 0.4) is 0 Å². The number of nitrogens with one attached hydrogen (secondary N) is 1. The van der Waals surface area contributed by atoms with E-state index in [4.69, 9.17) is 9.26 Å². The summed E-state index contributed by atoms with van der Waals surface area (Å²) in [5, 5.41) is 9.42. The molecule has 3 aromatic rings. The fourth-order valence-corrected chi connectivity index (χ4v) is 3.31. The minimum atomic E-state index is 0.0645. The monoisotopic (exact) mass is 302 g/mol. The van der Waals surface area contributed by atoms with E-state index in [-0.39, 0.29) is 12.1 Å². The molecule has 3 aromatic heterocycles. The Hall–Kier alpha value is -1.83. The van der Waals surface area contributed by atoms with E-state index in [1.807, 2.05) is 17.5 Å². The summed E-state index contributed by atoms with van der Waals surface area (Å²) in [7, 11) is 1.72. The van der Waals surface area contributed by atoms with Crippen LogP contribution >= 0.6 is 11.3 Å². The molecule has 0 radical (unpaired) electrons. The number of pyridine rings is 1. The van der Waals surface area contributed by atoms with Crippen molar-refractivity contribution in [3.63, 3.8) is 0 Å². The zero-order valence-electron chi connectivity index (χ0n) is 11.4. The molecule has 0 bridgehead atoms. The van der Waals surface area contributed by atoms with Crippen molar-refractivity contribution in [2.45, 2.75) is 18.6 Å². The summed E-state index contributed by atoms with van der Waals surface area (Å²) in [6.45, 7) is 0.807. The summed E-state index contributed by atoms with van der Waals surface area (Å²) < 4.78 is 11.8. The third kappa shape index (κ3) is 2.33. The molecular formula is C14H14N4O2S. The number of aromatic nitrogens is 3. The van der Waals surface area contributed by atoms with Crippen LogP contribution in [0.4, 0.5) is 0 Å². The minimum Gasteiger partial charge on any atom is -0.380 e. The number of ether oxygens (including phenoxy) is 1. The predicted molar refractivity (Wildman–Crippen MR) is 79.1 cm³/mol. The Balaban J connectivity index is 1.61. The van der Waals surface area contributed by atoms with Crippen LogP contribution in [-0.4, -0.2) is 34.9 Å². The van der Waals surface area contributed by atoms with Crippen molar-refractivity contribution >= 4 is 21.6 Å². The van der Waals surface area contributed by atoms with Gasteiger partial charge in [-0.25, -0.2) is 0 Å². The van der Waals surface area contributed by atoms with Crippen LogP contribution in [0, 0.1) is 0 Å². The van der Waals surface area contributed by atoms with Gasteiger partial charge in [-0.3, -0.25) is 4.98 Å². The Kier molecular flexibility index (Phi) is 3.17. The molecule has 21 heavy (non-hydrogen) atoms. The number of rotatable bonds is 3. The molecule has 1 saturated heterocycles. The first-order valence-electron chi connectivity index (χ1n) is 6.77. The standard InChI is InChI=1S/C14H14N4O2S/c1-19-9-5-11(16-7-9)14-17-13(18-20-14)8-4-12-10(15-6-8)2-3-21-12/h2-4,6,9,11,16H,5,7H2,1H3. The third-order valence-corrected chi connectivity index (χ3v) is 4.58. The summed E-state index contributed by atoms with van der Waals surface area (Å²) in [4.78, 5) is 8.89. The van der Waals surface area contributed by atoms with E-state index in [1.54, 1.807) is 24.6 Å². The SMILES string of the molecule is COC1CNC(c2nc(-c3cnc4ccsc4c3)no2)C1. The highest BCUT2D eigenvalue weighted by atomic mass is 32.1. The van der Waals surface area contributed by atoms with Gasteiger partial charge in [-0.15, -0.1) is 11.3 Å². The lowest BCUT2D eigenvalue weighted by molar-refractivity contribution is 0.116. The topological polar surface area (TPSA) is 73.1 Å². The lowest BCUT2D eigenvalue weighted by atomic mass is 10.2. The quantitative estimate of drug-likeness (QED) is 0.801. The summed E-state index contributed by atoms with van der Waals surface area (Å²) in [5.41, 5.74) is 1.87. The molecule has 2 atom stereocenters. The van der Waals surface area contributed by atoms with Crippen molar-refractivity contribution in [1.29, 1.82) is 0 Å². The number of methoxy groups -OCH3 is 1. The molecule has 0 amide bonds. The zero-order valence-corrected chi connectivity index (χ0v) is 12.3. The summed E-state index contributed by atoms with van der Waals surface area (Å²) in [6, 6.07) is 4.11. The molecule has 7 heteroatoms. The van der Waals surface area contributed by atoms with Crippen LogP contribution in [-0.2, 0) is 4.74 Å². The molecule has 1 aliphatic rings. The zero-order chi connectivity index (χ0) is 14.2. The van der Waals surface area contributed by atoms with Crippen molar-refractivity contribution in [3.8, 4) is 11.4 Å². The van der Waals surface area contributed by atoms with E-state index < -0.39 is 0 Å². The first-order chi connectivity index (χ1) is 10.3. The molecular weight excluding hydrogens is 288 g/mol. The number of nitrogens with zero attached hydrogens (tertiary/aromatic N) is 3. The fourth-order valence-electron chi connectivity index (χ4n) is 2.53. The lowest BCUT2D eigenvalue weighted by Crippen LogP contribution is -2.16. The number of thiophene rings is 1. The normalized spacial score (nSPS) is 22.1. The van der Waals surface area contributed by atoms with Crippen LogP contribution < -0.4 is 5.32 Å². The van der Waals surface area contributed by atoms with Crippen LogP contribution in [0.2, 0.25) is 0 Å². The van der Waals surface area contributed by atoms with Crippen LogP contribution in [0.5, 0.6) is 0 Å². The van der Waals surface area contributed by atoms with E-state index >= 15 is 0 Å². The molecule has 0 aliphatic carbocycles. The average Bonchev–Trinajstić information content (AvgIpc) is 3.24. The maximum Gasteiger partial charge on any atom is 0.244 e. The molecule has 6 nitrogen and oxygen atoms in total. The lowest BCUT2D eigenvalue weighted by Gasteiger charge is -2.04. The third-order valence-electron chi connectivity index (χ3n) is 3.72. The average molecular weight is 302 g/mol. The van der Waals surface area contributed by atoms with E-state index in [0.717, 1.165) is 28.7 Å². The first kappa shape index (κ1) is 12.9. The number of fused-ring (bicyclic) bond motifs is 1. The van der Waals surface area contributed by atoms with E-state index in [2.05, 4.69) is 20.4 Å². The van der Waals surface area contributed by atoms with Gasteiger partial charge in [0, 0.05) is 25.4 Å². The number of hydrogen-bond donors (Lipinski definition) is 1. The molecule has 0 saturated carbocycles. The van der Waals surface area contributed by atoms with Gasteiger partial charge < -0.3 is 14.6 Å². The van der Waals surface area contributed by atoms with E-state index in [1.165, 1.54) is 0 Å². The molecule has 1 fully saturated rings. The van der Waals surface area contributed by atoms with Gasteiger partial charge in [-0.2, -0.15) is 4.98 Å². The fraction of sp³-hybridized carbons (Fsp3) is 0.357. The van der Waals surface area contributed by atoms with Gasteiger partial charge >= 0.3 is 0 Å². The predicted octanol–water partition coefficient (Wildman–Crippen LogP) is 2.40. The molecule has 4 heterocycles. The summed E-state index contributed by atoms with van der Waals surface area (Å²) in [5.74, 6) is 1.19. The van der Waals surface area contributed by atoms with Gasteiger partial charge in [0.05, 0.1) is 22.4 Å². The van der Waals surface area contributed by atoms with Gasteiger partial charge in [-0.1, -0.05) is 5.16 Å². The Morgan fingerprint density at radius 1 is 1.48 bits per heavy atom. The van der Waals surface area contributed by atoms with Crippen LogP contribution in [0.1, 0.15) is 18.4 Å². The molecule has 1 N–H and O–H groups in total. The van der Waals surface area contributed by atoms with Crippen molar-refractivity contribution in [2.75, 3.05) is 13.7 Å². The van der Waals surface area contributed by atoms with Gasteiger partial charge in [-0.05, 0) is 23.9 Å². The molecule has 0 spiro atoms. The Labute approximate surface area is 125 Å². The molecule has 108 valence electrons. The molecule has 4 rings (SSSR count). The van der Waals surface area contributed by atoms with Crippen molar-refractivity contribution < 1.29 is 9.26 Å². The van der Waals surface area contributed by atoms with Crippen LogP contribution in [0.25, 0.3) is 21.6 Å². The molecule has 0 aromatic carbocycles. The Morgan fingerprint density at radius 2 is 2.43 bits per heavy atom. The smallest absolute Gasteiger partial charge is 0.244 e. The highest BCUT2D eigenvalue weighted by Gasteiger charge is 2.29. The van der Waals surface area contributed by atoms with Crippen LogP contribution in [0.15, 0.2) is 28.2 Å². The summed E-state index contributed by atoms with van der Waals surface area (Å²) >= 11 is 1.65. The highest BCUT2D eigenvalue weighted by Crippen LogP contribution is 2.27. The van der Waals surface area contributed by atoms with E-state index in [9.17, 15) is 0 Å². The second-order valence-electron chi connectivity index (χ2n) is 5.04. The minimum absolute atomic E-state index is 0.0645. The van der Waals surface area contributed by atoms with Crippen molar-refractivity contribution in [3.05, 3.63) is 29.6 Å². The summed E-state index contributed by atoms with van der Waals surface area (Å²) in [6.07, 6.45) is 2.83.